The van der Waals surface area contributed by atoms with Gasteiger partial charge in [0.15, 0.2) is 0 Å². The molecule has 1 saturated heterocycles. The molecular formula is C28H27ClF2N2. The van der Waals surface area contributed by atoms with E-state index < -0.39 is 11.6 Å². The van der Waals surface area contributed by atoms with Gasteiger partial charge >= 0.3 is 0 Å². The summed E-state index contributed by atoms with van der Waals surface area (Å²) in [6.07, 6.45) is 0. The summed E-state index contributed by atoms with van der Waals surface area (Å²) in [5.41, 5.74) is 3.30. The molecule has 3 aromatic carbocycles. The van der Waals surface area contributed by atoms with Gasteiger partial charge < -0.3 is 0 Å². The van der Waals surface area contributed by atoms with Crippen molar-refractivity contribution in [1.82, 2.24) is 4.90 Å². The van der Waals surface area contributed by atoms with E-state index in [9.17, 15) is 14.0 Å². The SMILES string of the molecule is CC(C)(C)[C@H](c1cc(F)cc(F)c1)C1CN([C@@H](c2ccc(Cl)cc2)c2cccc(C#N)c2)C1. The van der Waals surface area contributed by atoms with Gasteiger partial charge in [-0.05, 0) is 70.3 Å². The molecule has 3 aromatic rings. The van der Waals surface area contributed by atoms with Crippen LogP contribution < -0.4 is 0 Å². The van der Waals surface area contributed by atoms with Crippen molar-refractivity contribution in [2.45, 2.75) is 32.7 Å². The zero-order chi connectivity index (χ0) is 23.8. The van der Waals surface area contributed by atoms with E-state index in [0.717, 1.165) is 30.3 Å². The number of benzene rings is 3. The van der Waals surface area contributed by atoms with Crippen LogP contribution >= 0.6 is 11.6 Å². The molecule has 2 atom stereocenters. The van der Waals surface area contributed by atoms with Crippen LogP contribution in [0.4, 0.5) is 8.78 Å². The third-order valence-electron chi connectivity index (χ3n) is 6.47. The van der Waals surface area contributed by atoms with Crippen LogP contribution in [0.2, 0.25) is 5.02 Å². The predicted molar refractivity (Wildman–Crippen MR) is 128 cm³/mol. The Bertz CT molecular complexity index is 1150. The van der Waals surface area contributed by atoms with Crippen LogP contribution in [0.15, 0.2) is 66.7 Å². The van der Waals surface area contributed by atoms with E-state index in [1.165, 1.54) is 12.1 Å². The van der Waals surface area contributed by atoms with Crippen molar-refractivity contribution in [2.75, 3.05) is 13.1 Å². The smallest absolute Gasteiger partial charge is 0.126 e. The minimum atomic E-state index is -0.539. The minimum Gasteiger partial charge on any atom is -0.292 e. The Labute approximate surface area is 199 Å². The standard InChI is InChI=1S/C28H27ClF2N2/c1-28(2,3)26(21-12-24(30)14-25(31)13-21)22-16-33(17-22)27(19-7-9-23(29)10-8-19)20-6-4-5-18(11-20)15-32/h4-14,22,26-27H,16-17H2,1-3H3/t26-,27+/m1/s1. The second-order valence-corrected chi connectivity index (χ2v) is 10.4. The van der Waals surface area contributed by atoms with Crippen molar-refractivity contribution in [1.29, 1.82) is 5.26 Å². The Balaban J connectivity index is 1.65. The molecule has 0 aromatic heterocycles. The van der Waals surface area contributed by atoms with E-state index in [1.54, 1.807) is 6.07 Å². The number of halogens is 3. The molecule has 33 heavy (non-hydrogen) atoms. The van der Waals surface area contributed by atoms with Gasteiger partial charge in [-0.2, -0.15) is 5.26 Å². The average molecular weight is 465 g/mol. The number of nitrogens with zero attached hydrogens (tertiary/aromatic N) is 2. The summed E-state index contributed by atoms with van der Waals surface area (Å²) in [6.45, 7) is 7.93. The van der Waals surface area contributed by atoms with Crippen LogP contribution in [0.25, 0.3) is 0 Å². The van der Waals surface area contributed by atoms with E-state index in [-0.39, 0.29) is 23.3 Å². The number of hydrogen-bond acceptors (Lipinski definition) is 2. The molecule has 0 spiro atoms. The summed E-state index contributed by atoms with van der Waals surface area (Å²) in [5.74, 6) is -0.819. The van der Waals surface area contributed by atoms with Gasteiger partial charge in [0, 0.05) is 24.2 Å². The lowest BCUT2D eigenvalue weighted by Crippen LogP contribution is -2.53. The van der Waals surface area contributed by atoms with Crippen LogP contribution in [0.3, 0.4) is 0 Å². The molecule has 4 rings (SSSR count). The van der Waals surface area contributed by atoms with Crippen molar-refractivity contribution in [3.05, 3.63) is 106 Å². The summed E-state index contributed by atoms with van der Waals surface area (Å²) in [5, 5.41) is 10.1. The number of nitriles is 1. The first-order valence-electron chi connectivity index (χ1n) is 11.1. The van der Waals surface area contributed by atoms with E-state index in [1.807, 2.05) is 42.5 Å². The fraction of sp³-hybridized carbons (Fsp3) is 0.321. The Hall–Kier alpha value is -2.74. The van der Waals surface area contributed by atoms with Gasteiger partial charge in [0.25, 0.3) is 0 Å². The third kappa shape index (κ3) is 5.11. The molecule has 0 bridgehead atoms. The molecule has 5 heteroatoms. The van der Waals surface area contributed by atoms with Gasteiger partial charge in [-0.25, -0.2) is 8.78 Å². The van der Waals surface area contributed by atoms with E-state index >= 15 is 0 Å². The Morgan fingerprint density at radius 3 is 2.12 bits per heavy atom. The normalized spacial score (nSPS) is 16.6. The summed E-state index contributed by atoms with van der Waals surface area (Å²) >= 11 is 6.13. The minimum absolute atomic E-state index is 0.00950. The first kappa shape index (κ1) is 23.4. The van der Waals surface area contributed by atoms with Crippen LogP contribution in [0, 0.1) is 34.3 Å². The van der Waals surface area contributed by atoms with Crippen molar-refractivity contribution in [2.24, 2.45) is 11.3 Å². The van der Waals surface area contributed by atoms with Gasteiger partial charge in [-0.15, -0.1) is 0 Å². The van der Waals surface area contributed by atoms with Crippen molar-refractivity contribution >= 4 is 11.6 Å². The quantitative estimate of drug-likeness (QED) is 0.395. The first-order chi connectivity index (χ1) is 15.7. The van der Waals surface area contributed by atoms with Crippen LogP contribution in [-0.4, -0.2) is 18.0 Å². The molecule has 2 nitrogen and oxygen atoms in total. The highest BCUT2D eigenvalue weighted by Crippen LogP contribution is 2.47. The largest absolute Gasteiger partial charge is 0.292 e. The highest BCUT2D eigenvalue weighted by atomic mass is 35.5. The molecule has 0 unspecified atom stereocenters. The fourth-order valence-electron chi connectivity index (χ4n) is 5.24. The Morgan fingerprint density at radius 2 is 1.55 bits per heavy atom. The van der Waals surface area contributed by atoms with Crippen LogP contribution in [0.1, 0.15) is 55.0 Å². The molecule has 0 radical (unpaired) electrons. The van der Waals surface area contributed by atoms with Crippen LogP contribution in [0.5, 0.6) is 0 Å². The highest BCUT2D eigenvalue weighted by molar-refractivity contribution is 6.30. The van der Waals surface area contributed by atoms with E-state index in [4.69, 9.17) is 11.6 Å². The fourth-order valence-corrected chi connectivity index (χ4v) is 5.37. The number of rotatable bonds is 5. The predicted octanol–water partition coefficient (Wildman–Crippen LogP) is 7.34. The molecule has 1 heterocycles. The first-order valence-corrected chi connectivity index (χ1v) is 11.5. The van der Waals surface area contributed by atoms with Gasteiger partial charge in [0.1, 0.15) is 11.6 Å². The van der Waals surface area contributed by atoms with Gasteiger partial charge in [-0.3, -0.25) is 4.90 Å². The molecule has 0 N–H and O–H groups in total. The Kier molecular flexibility index (Phi) is 6.56. The molecule has 0 amide bonds. The average Bonchev–Trinajstić information content (AvgIpc) is 2.72. The number of hydrogen-bond donors (Lipinski definition) is 0. The summed E-state index contributed by atoms with van der Waals surface area (Å²) < 4.78 is 28.1. The molecule has 1 fully saturated rings. The molecule has 1 aliphatic heterocycles. The van der Waals surface area contributed by atoms with E-state index in [0.29, 0.717) is 16.1 Å². The maximum Gasteiger partial charge on any atom is 0.126 e. The Morgan fingerprint density at radius 1 is 0.909 bits per heavy atom. The summed E-state index contributed by atoms with van der Waals surface area (Å²) in [4.78, 5) is 2.36. The second kappa shape index (κ2) is 9.25. The highest BCUT2D eigenvalue weighted by Gasteiger charge is 2.43. The zero-order valence-electron chi connectivity index (χ0n) is 19.0. The summed E-state index contributed by atoms with van der Waals surface area (Å²) in [7, 11) is 0. The topological polar surface area (TPSA) is 27.0 Å². The zero-order valence-corrected chi connectivity index (χ0v) is 19.8. The van der Waals surface area contributed by atoms with Crippen molar-refractivity contribution in [3.8, 4) is 6.07 Å². The molecule has 0 aliphatic carbocycles. The maximum absolute atomic E-state index is 14.0. The molecule has 0 saturated carbocycles. The third-order valence-corrected chi connectivity index (χ3v) is 6.72. The second-order valence-electron chi connectivity index (χ2n) is 9.95. The van der Waals surface area contributed by atoms with Crippen LogP contribution in [-0.2, 0) is 0 Å². The molecule has 1 aliphatic rings. The number of likely N-dealkylation sites (tertiary alicyclic amines) is 1. The monoisotopic (exact) mass is 464 g/mol. The summed E-state index contributed by atoms with van der Waals surface area (Å²) in [6, 6.07) is 21.5. The lowest BCUT2D eigenvalue weighted by Gasteiger charge is -2.51. The van der Waals surface area contributed by atoms with Crippen molar-refractivity contribution < 1.29 is 8.78 Å². The lowest BCUT2D eigenvalue weighted by molar-refractivity contribution is 0.0245. The van der Waals surface area contributed by atoms with Crippen molar-refractivity contribution in [3.63, 3.8) is 0 Å². The van der Waals surface area contributed by atoms with E-state index in [2.05, 4.69) is 31.7 Å². The maximum atomic E-state index is 14.0. The lowest BCUT2D eigenvalue weighted by atomic mass is 9.66. The van der Waals surface area contributed by atoms with Gasteiger partial charge in [-0.1, -0.05) is 56.6 Å². The van der Waals surface area contributed by atoms with Gasteiger partial charge in [0.2, 0.25) is 0 Å². The van der Waals surface area contributed by atoms with Gasteiger partial charge in [0.05, 0.1) is 17.7 Å². The molecular weight excluding hydrogens is 438 g/mol. The molecule has 170 valence electrons.